The first-order valence-electron chi connectivity index (χ1n) is 10.0. The molecule has 0 saturated carbocycles. The van der Waals surface area contributed by atoms with Crippen LogP contribution in [-0.4, -0.2) is 62.5 Å². The quantitative estimate of drug-likeness (QED) is 0.584. The first-order valence-corrected chi connectivity index (χ1v) is 10.4. The van der Waals surface area contributed by atoms with Gasteiger partial charge in [0.2, 0.25) is 5.95 Å². The molecule has 164 valence electrons. The van der Waals surface area contributed by atoms with Gasteiger partial charge in [0.1, 0.15) is 0 Å². The molecular weight excluding hydrogens is 424 g/mol. The monoisotopic (exact) mass is 446 g/mol. The number of halogens is 1. The van der Waals surface area contributed by atoms with E-state index in [0.29, 0.717) is 29.7 Å². The molecule has 0 aliphatic carbocycles. The van der Waals surface area contributed by atoms with Gasteiger partial charge in [-0.3, -0.25) is 13.9 Å². The Bertz CT molecular complexity index is 1180. The smallest absolute Gasteiger partial charge is 0.345 e. The molecule has 1 aliphatic heterocycles. The minimum Gasteiger partial charge on any atom is -0.479 e. The molecule has 1 fully saturated rings. The normalized spacial score (nSPS) is 15.3. The zero-order chi connectivity index (χ0) is 22.1. The minimum absolute atomic E-state index is 0.0950. The summed E-state index contributed by atoms with van der Waals surface area (Å²) < 4.78 is 8.44. The lowest BCUT2D eigenvalue weighted by atomic mass is 10.3. The van der Waals surface area contributed by atoms with Crippen LogP contribution in [0.3, 0.4) is 0 Å². The number of anilines is 1. The average molecular weight is 447 g/mol. The highest BCUT2D eigenvalue weighted by Crippen LogP contribution is 2.30. The topological polar surface area (TPSA) is 115 Å². The van der Waals surface area contributed by atoms with Gasteiger partial charge >= 0.3 is 12.0 Å². The fourth-order valence-corrected chi connectivity index (χ4v) is 3.78. The van der Waals surface area contributed by atoms with Crippen molar-refractivity contribution in [3.05, 3.63) is 39.6 Å². The van der Waals surface area contributed by atoms with E-state index in [2.05, 4.69) is 20.2 Å². The number of benzene rings is 1. The molecule has 1 aliphatic rings. The second kappa shape index (κ2) is 8.56. The summed E-state index contributed by atoms with van der Waals surface area (Å²) >= 11 is 6.47. The maximum Gasteiger partial charge on any atom is 0.345 e. The van der Waals surface area contributed by atoms with Crippen LogP contribution in [0.2, 0.25) is 5.02 Å². The minimum atomic E-state index is -1.13. The third-order valence-corrected chi connectivity index (χ3v) is 5.54. The summed E-state index contributed by atoms with van der Waals surface area (Å²) in [5.74, 6) is -0.573. The molecule has 0 bridgehead atoms. The number of nitrogens with zero attached hydrogens (tertiary/aromatic N) is 5. The average Bonchev–Trinajstić information content (AvgIpc) is 3.15. The molecule has 31 heavy (non-hydrogen) atoms. The van der Waals surface area contributed by atoms with E-state index < -0.39 is 17.6 Å². The maximum atomic E-state index is 13.4. The summed E-state index contributed by atoms with van der Waals surface area (Å²) in [5, 5.41) is 13.1. The summed E-state index contributed by atoms with van der Waals surface area (Å²) in [7, 11) is 1.49. The Hall–Kier alpha value is -3.11. The summed E-state index contributed by atoms with van der Waals surface area (Å²) in [6.45, 7) is 4.65. The third-order valence-electron chi connectivity index (χ3n) is 5.22. The number of para-hydroxylation sites is 1. The van der Waals surface area contributed by atoms with Crippen molar-refractivity contribution in [1.29, 1.82) is 0 Å². The molecule has 1 atom stereocenters. The number of carbonyl (C=O) groups is 1. The van der Waals surface area contributed by atoms with E-state index in [4.69, 9.17) is 16.3 Å². The highest BCUT2D eigenvalue weighted by molar-refractivity contribution is 6.32. The number of ether oxygens (including phenoxy) is 1. The van der Waals surface area contributed by atoms with Crippen LogP contribution in [0.25, 0.3) is 16.9 Å². The fraction of sp³-hybridized carbons (Fsp3) is 0.400. The molecule has 0 spiro atoms. The summed E-state index contributed by atoms with van der Waals surface area (Å²) in [4.78, 5) is 35.9. The van der Waals surface area contributed by atoms with Crippen LogP contribution in [0.5, 0.6) is 6.01 Å². The first-order chi connectivity index (χ1) is 14.9. The molecule has 3 aromatic rings. The lowest BCUT2D eigenvalue weighted by Gasteiger charge is -2.28. The van der Waals surface area contributed by atoms with Crippen molar-refractivity contribution in [3.8, 4) is 11.7 Å². The number of aromatic nitrogens is 4. The number of carboxylic acid groups (broad SMARTS) is 1. The van der Waals surface area contributed by atoms with Crippen molar-refractivity contribution in [1.82, 2.24) is 24.4 Å². The van der Waals surface area contributed by atoms with Crippen molar-refractivity contribution in [2.75, 3.05) is 31.1 Å². The van der Waals surface area contributed by atoms with Crippen LogP contribution in [0.15, 0.2) is 29.1 Å². The molecule has 1 saturated heterocycles. The molecule has 2 N–H and O–H groups in total. The van der Waals surface area contributed by atoms with Gasteiger partial charge in [-0.2, -0.15) is 9.97 Å². The van der Waals surface area contributed by atoms with Gasteiger partial charge < -0.3 is 20.1 Å². The number of hydrogen-bond donors (Lipinski definition) is 2. The lowest BCUT2D eigenvalue weighted by Crippen LogP contribution is -2.44. The van der Waals surface area contributed by atoms with Gasteiger partial charge in [-0.05, 0) is 18.6 Å². The molecule has 1 unspecified atom stereocenters. The van der Waals surface area contributed by atoms with Crippen molar-refractivity contribution in [2.24, 2.45) is 7.05 Å². The number of piperazine rings is 1. The van der Waals surface area contributed by atoms with E-state index in [1.807, 2.05) is 18.2 Å². The van der Waals surface area contributed by atoms with E-state index in [0.717, 1.165) is 13.1 Å². The number of fused-ring (bicyclic) bond motifs is 1. The van der Waals surface area contributed by atoms with Gasteiger partial charge in [0.25, 0.3) is 5.56 Å². The Morgan fingerprint density at radius 2 is 2.00 bits per heavy atom. The van der Waals surface area contributed by atoms with Crippen molar-refractivity contribution in [2.45, 2.75) is 19.4 Å². The second-order valence-electron chi connectivity index (χ2n) is 7.22. The predicted octanol–water partition coefficient (Wildman–Crippen LogP) is 1.42. The SMILES string of the molecule is CCC(Oc1nc2nc(N3CCNCC3)n(-c3ccccc3Cl)c2c(=O)n1C)C(=O)O. The standard InChI is InChI=1S/C20H23ClN6O4/c1-3-14(18(29)30)31-20-24-16-15(17(28)25(20)2)27(13-7-5-4-6-12(13)21)19(23-16)26-10-8-22-9-11-26/h4-7,14,22H,3,8-11H2,1-2H3,(H,29,30). The zero-order valence-corrected chi connectivity index (χ0v) is 18.0. The Balaban J connectivity index is 1.95. The maximum absolute atomic E-state index is 13.4. The third kappa shape index (κ3) is 3.84. The predicted molar refractivity (Wildman–Crippen MR) is 117 cm³/mol. The van der Waals surface area contributed by atoms with Crippen LogP contribution in [0, 0.1) is 0 Å². The highest BCUT2D eigenvalue weighted by Gasteiger charge is 2.27. The Kier molecular flexibility index (Phi) is 5.84. The molecule has 3 heterocycles. The van der Waals surface area contributed by atoms with Crippen molar-refractivity contribution in [3.63, 3.8) is 0 Å². The Morgan fingerprint density at radius 1 is 1.29 bits per heavy atom. The molecule has 0 radical (unpaired) electrons. The van der Waals surface area contributed by atoms with Gasteiger partial charge in [-0.15, -0.1) is 0 Å². The van der Waals surface area contributed by atoms with Crippen LogP contribution in [0.1, 0.15) is 13.3 Å². The van der Waals surface area contributed by atoms with Gasteiger partial charge in [-0.25, -0.2) is 4.79 Å². The van der Waals surface area contributed by atoms with Crippen LogP contribution in [0.4, 0.5) is 5.95 Å². The van der Waals surface area contributed by atoms with Crippen LogP contribution < -0.4 is 20.5 Å². The van der Waals surface area contributed by atoms with Crippen molar-refractivity contribution < 1.29 is 14.6 Å². The molecule has 2 aromatic heterocycles. The summed E-state index contributed by atoms with van der Waals surface area (Å²) in [6, 6.07) is 7.12. The van der Waals surface area contributed by atoms with Gasteiger partial charge in [0.15, 0.2) is 17.3 Å². The van der Waals surface area contributed by atoms with E-state index in [-0.39, 0.29) is 23.6 Å². The van der Waals surface area contributed by atoms with Crippen molar-refractivity contribution >= 4 is 34.7 Å². The summed E-state index contributed by atoms with van der Waals surface area (Å²) in [5.41, 5.74) is 0.630. The fourth-order valence-electron chi connectivity index (χ4n) is 3.56. The Morgan fingerprint density at radius 3 is 2.65 bits per heavy atom. The lowest BCUT2D eigenvalue weighted by molar-refractivity contribution is -0.145. The van der Waals surface area contributed by atoms with Gasteiger partial charge in [0, 0.05) is 33.2 Å². The van der Waals surface area contributed by atoms with Crippen LogP contribution in [-0.2, 0) is 11.8 Å². The molecule has 4 rings (SSSR count). The molecular formula is C20H23ClN6O4. The highest BCUT2D eigenvalue weighted by atomic mass is 35.5. The largest absolute Gasteiger partial charge is 0.479 e. The number of carboxylic acids is 1. The number of hydrogen-bond acceptors (Lipinski definition) is 7. The number of nitrogens with one attached hydrogen (secondary N) is 1. The first kappa shape index (κ1) is 21.1. The van der Waals surface area contributed by atoms with E-state index >= 15 is 0 Å². The number of imidazole rings is 1. The molecule has 10 nitrogen and oxygen atoms in total. The van der Waals surface area contributed by atoms with E-state index in [1.165, 1.54) is 11.6 Å². The van der Waals surface area contributed by atoms with Gasteiger partial charge in [0.05, 0.1) is 10.7 Å². The van der Waals surface area contributed by atoms with Gasteiger partial charge in [-0.1, -0.05) is 30.7 Å². The molecule has 11 heteroatoms. The Labute approximate surface area is 183 Å². The number of aliphatic carboxylic acids is 1. The molecule has 1 aromatic carbocycles. The van der Waals surface area contributed by atoms with Crippen LogP contribution >= 0.6 is 11.6 Å². The summed E-state index contributed by atoms with van der Waals surface area (Å²) in [6.07, 6.45) is -0.891. The second-order valence-corrected chi connectivity index (χ2v) is 7.63. The molecule has 0 amide bonds. The van der Waals surface area contributed by atoms with E-state index in [1.54, 1.807) is 17.6 Å². The van der Waals surface area contributed by atoms with E-state index in [9.17, 15) is 14.7 Å². The zero-order valence-electron chi connectivity index (χ0n) is 17.2. The number of rotatable bonds is 6.